The Kier molecular flexibility index (Phi) is 5.80. The number of aromatic amines is 1. The summed E-state index contributed by atoms with van der Waals surface area (Å²) >= 11 is 1.55. The molecule has 0 saturated heterocycles. The zero-order chi connectivity index (χ0) is 18.5. The molecule has 1 aromatic carbocycles. The normalized spacial score (nSPS) is 12.1. The van der Waals surface area contributed by atoms with Gasteiger partial charge in [-0.2, -0.15) is 5.10 Å². The van der Waals surface area contributed by atoms with Gasteiger partial charge in [-0.3, -0.25) is 9.89 Å². The lowest BCUT2D eigenvalue weighted by atomic mass is 10.0. The van der Waals surface area contributed by atoms with E-state index in [9.17, 15) is 4.79 Å². The van der Waals surface area contributed by atoms with Crippen LogP contribution in [0.1, 0.15) is 46.1 Å². The molecule has 0 aliphatic rings. The minimum absolute atomic E-state index is 0.0779. The van der Waals surface area contributed by atoms with Crippen molar-refractivity contribution in [3.63, 3.8) is 0 Å². The van der Waals surface area contributed by atoms with E-state index in [2.05, 4.69) is 20.5 Å². The number of hydrogen-bond acceptors (Lipinski definition) is 5. The van der Waals surface area contributed by atoms with Crippen LogP contribution in [0.25, 0.3) is 11.1 Å². The second-order valence-corrected chi connectivity index (χ2v) is 6.91. The Hall–Kier alpha value is -2.51. The molecule has 0 saturated carbocycles. The van der Waals surface area contributed by atoms with Crippen molar-refractivity contribution in [3.8, 4) is 11.1 Å². The molecule has 3 rings (SSSR count). The predicted molar refractivity (Wildman–Crippen MR) is 102 cm³/mol. The lowest BCUT2D eigenvalue weighted by Gasteiger charge is -2.15. The molecule has 0 unspecified atom stereocenters. The van der Waals surface area contributed by atoms with E-state index in [1.807, 2.05) is 43.5 Å². The van der Waals surface area contributed by atoms with E-state index in [0.717, 1.165) is 33.9 Å². The molecule has 136 valence electrons. The first-order valence-electron chi connectivity index (χ1n) is 8.47. The fourth-order valence-electron chi connectivity index (χ4n) is 2.91. The molecule has 6 nitrogen and oxygen atoms in total. The first kappa shape index (κ1) is 18.3. The number of carbonyl (C=O) groups is 1. The smallest absolute Gasteiger partial charge is 0.251 e. The number of aryl methyl sites for hydroxylation is 1. The number of aromatic nitrogens is 3. The van der Waals surface area contributed by atoms with Crippen molar-refractivity contribution in [2.24, 2.45) is 0 Å². The Bertz CT molecular complexity index is 874. The molecule has 0 bridgehead atoms. The fourth-order valence-corrected chi connectivity index (χ4v) is 3.68. The van der Waals surface area contributed by atoms with Crippen LogP contribution >= 0.6 is 11.3 Å². The molecular formula is C19H22N4O2S. The van der Waals surface area contributed by atoms with Gasteiger partial charge in [0, 0.05) is 35.5 Å². The maximum atomic E-state index is 12.7. The number of H-pyrrole nitrogens is 1. The summed E-state index contributed by atoms with van der Waals surface area (Å²) in [4.78, 5) is 17.1. The number of methoxy groups -OCH3 is 1. The average Bonchev–Trinajstić information content (AvgIpc) is 3.30. The van der Waals surface area contributed by atoms with Gasteiger partial charge in [0.25, 0.3) is 5.91 Å². The first-order chi connectivity index (χ1) is 12.6. The topological polar surface area (TPSA) is 79.9 Å². The van der Waals surface area contributed by atoms with Crippen LogP contribution in [-0.4, -0.2) is 28.2 Å². The van der Waals surface area contributed by atoms with E-state index in [0.29, 0.717) is 12.2 Å². The van der Waals surface area contributed by atoms with Gasteiger partial charge < -0.3 is 10.1 Å². The highest BCUT2D eigenvalue weighted by Crippen LogP contribution is 2.27. The van der Waals surface area contributed by atoms with E-state index in [1.54, 1.807) is 24.6 Å². The molecule has 1 atom stereocenters. The first-order valence-corrected chi connectivity index (χ1v) is 9.35. The van der Waals surface area contributed by atoms with Gasteiger partial charge in [-0.25, -0.2) is 4.98 Å². The molecule has 26 heavy (non-hydrogen) atoms. The van der Waals surface area contributed by atoms with Gasteiger partial charge >= 0.3 is 0 Å². The quantitative estimate of drug-likeness (QED) is 0.662. The van der Waals surface area contributed by atoms with E-state index >= 15 is 0 Å². The van der Waals surface area contributed by atoms with E-state index in [1.165, 1.54) is 0 Å². The van der Waals surface area contributed by atoms with Crippen LogP contribution < -0.4 is 5.32 Å². The molecule has 0 spiro atoms. The summed E-state index contributed by atoms with van der Waals surface area (Å²) in [6.07, 6.45) is 2.55. The van der Waals surface area contributed by atoms with E-state index in [-0.39, 0.29) is 11.9 Å². The minimum atomic E-state index is -0.108. The van der Waals surface area contributed by atoms with Gasteiger partial charge in [0.2, 0.25) is 0 Å². The Balaban J connectivity index is 1.85. The van der Waals surface area contributed by atoms with Gasteiger partial charge in [-0.1, -0.05) is 19.1 Å². The molecule has 0 aliphatic carbocycles. The van der Waals surface area contributed by atoms with Crippen LogP contribution in [0.4, 0.5) is 0 Å². The third-order valence-electron chi connectivity index (χ3n) is 4.18. The van der Waals surface area contributed by atoms with Gasteiger partial charge in [0.1, 0.15) is 5.01 Å². The Morgan fingerprint density at radius 2 is 2.27 bits per heavy atom. The monoisotopic (exact) mass is 370 g/mol. The number of carbonyl (C=O) groups excluding carboxylic acids is 1. The molecule has 2 heterocycles. The van der Waals surface area contributed by atoms with Gasteiger partial charge in [0.05, 0.1) is 18.3 Å². The lowest BCUT2D eigenvalue weighted by molar-refractivity contribution is 0.0935. The highest BCUT2D eigenvalue weighted by molar-refractivity contribution is 7.09. The van der Waals surface area contributed by atoms with Crippen LogP contribution in [-0.2, 0) is 11.3 Å². The van der Waals surface area contributed by atoms with Crippen LogP contribution in [0.2, 0.25) is 0 Å². The molecule has 0 fully saturated rings. The number of ether oxygens (including phenoxy) is 1. The van der Waals surface area contributed by atoms with Gasteiger partial charge in [-0.15, -0.1) is 11.3 Å². The molecule has 2 aromatic heterocycles. The molecule has 7 heteroatoms. The molecule has 1 amide bonds. The van der Waals surface area contributed by atoms with Gasteiger partial charge in [0.15, 0.2) is 0 Å². The van der Waals surface area contributed by atoms with Crippen molar-refractivity contribution < 1.29 is 9.53 Å². The summed E-state index contributed by atoms with van der Waals surface area (Å²) in [6, 6.07) is 7.49. The number of thiazole rings is 1. The van der Waals surface area contributed by atoms with Crippen molar-refractivity contribution in [1.29, 1.82) is 0 Å². The van der Waals surface area contributed by atoms with Crippen molar-refractivity contribution in [2.75, 3.05) is 7.11 Å². The predicted octanol–water partition coefficient (Wildman–Crippen LogP) is 3.87. The van der Waals surface area contributed by atoms with Crippen LogP contribution in [0.5, 0.6) is 0 Å². The SMILES string of the molecule is CC[C@H](NC(=O)c1cccc(-c2c(COC)n[nH]c2C)c1)c1nccs1. The fraction of sp³-hybridized carbons (Fsp3) is 0.316. The number of benzene rings is 1. The number of hydrogen-bond donors (Lipinski definition) is 2. The standard InChI is InChI=1S/C19H22N4O2S/c1-4-15(19-20-8-9-26-19)21-18(24)14-7-5-6-13(10-14)17-12(2)22-23-16(17)11-25-3/h5-10,15H,4,11H2,1-3H3,(H,21,24)(H,22,23)/t15-/m0/s1. The average molecular weight is 370 g/mol. The highest BCUT2D eigenvalue weighted by atomic mass is 32.1. The summed E-state index contributed by atoms with van der Waals surface area (Å²) in [7, 11) is 1.64. The second-order valence-electron chi connectivity index (χ2n) is 5.99. The number of nitrogens with one attached hydrogen (secondary N) is 2. The van der Waals surface area contributed by atoms with Crippen LogP contribution in [0, 0.1) is 6.92 Å². The Morgan fingerprint density at radius 1 is 1.42 bits per heavy atom. The molecule has 3 aromatic rings. The highest BCUT2D eigenvalue weighted by Gasteiger charge is 2.18. The Morgan fingerprint density at radius 3 is 2.96 bits per heavy atom. The maximum absolute atomic E-state index is 12.7. The van der Waals surface area contributed by atoms with Crippen molar-refractivity contribution in [2.45, 2.75) is 32.9 Å². The third-order valence-corrected chi connectivity index (χ3v) is 5.07. The molecule has 0 aliphatic heterocycles. The second kappa shape index (κ2) is 8.25. The van der Waals surface area contributed by atoms with E-state index in [4.69, 9.17) is 4.74 Å². The summed E-state index contributed by atoms with van der Waals surface area (Å²) in [5, 5.41) is 13.2. The van der Waals surface area contributed by atoms with Crippen LogP contribution in [0.15, 0.2) is 35.8 Å². The largest absolute Gasteiger partial charge is 0.378 e. The summed E-state index contributed by atoms with van der Waals surface area (Å²) < 4.78 is 5.22. The summed E-state index contributed by atoms with van der Waals surface area (Å²) in [6.45, 7) is 4.41. The van der Waals surface area contributed by atoms with Crippen molar-refractivity contribution in [3.05, 3.63) is 57.8 Å². The van der Waals surface area contributed by atoms with Crippen LogP contribution in [0.3, 0.4) is 0 Å². The molecular weight excluding hydrogens is 348 g/mol. The van der Waals surface area contributed by atoms with Gasteiger partial charge in [-0.05, 0) is 31.0 Å². The molecule has 2 N–H and O–H groups in total. The van der Waals surface area contributed by atoms with Crippen molar-refractivity contribution >= 4 is 17.2 Å². The van der Waals surface area contributed by atoms with E-state index < -0.39 is 0 Å². The zero-order valence-corrected chi connectivity index (χ0v) is 15.9. The Labute approximate surface area is 156 Å². The number of rotatable bonds is 7. The lowest BCUT2D eigenvalue weighted by Crippen LogP contribution is -2.28. The van der Waals surface area contributed by atoms with Crippen molar-refractivity contribution in [1.82, 2.24) is 20.5 Å². The zero-order valence-electron chi connectivity index (χ0n) is 15.1. The summed E-state index contributed by atoms with van der Waals surface area (Å²) in [5.74, 6) is -0.108. The minimum Gasteiger partial charge on any atom is -0.378 e. The third kappa shape index (κ3) is 3.84. The maximum Gasteiger partial charge on any atom is 0.251 e. The number of nitrogens with zero attached hydrogens (tertiary/aromatic N) is 2. The molecule has 0 radical (unpaired) electrons. The number of amides is 1. The summed E-state index contributed by atoms with van der Waals surface area (Å²) in [5.41, 5.74) is 4.31.